The quantitative estimate of drug-likeness (QED) is 0.603. The van der Waals surface area contributed by atoms with Crippen LogP contribution in [0.15, 0.2) is 24.3 Å². The van der Waals surface area contributed by atoms with E-state index in [9.17, 15) is 4.79 Å². The Balaban J connectivity index is 2.73. The number of hydrogen-bond donors (Lipinski definition) is 0. The SMILES string of the molecule is COC(CN(C)C(=O)c1ccccc1I)OC. The predicted molar refractivity (Wildman–Crippen MR) is 73.9 cm³/mol. The molecule has 0 N–H and O–H groups in total. The third-order valence-electron chi connectivity index (χ3n) is 2.40. The average Bonchev–Trinajstić information content (AvgIpc) is 2.35. The minimum absolute atomic E-state index is 0.0332. The van der Waals surface area contributed by atoms with Gasteiger partial charge in [-0.15, -0.1) is 0 Å². The van der Waals surface area contributed by atoms with Gasteiger partial charge in [0.2, 0.25) is 0 Å². The standard InChI is InChI=1S/C12H16INO3/c1-14(8-11(16-2)17-3)12(15)9-6-4-5-7-10(9)13/h4-7,11H,8H2,1-3H3. The summed E-state index contributed by atoms with van der Waals surface area (Å²) in [6.07, 6.45) is -0.398. The maximum absolute atomic E-state index is 12.1. The van der Waals surface area contributed by atoms with Crippen molar-refractivity contribution in [3.8, 4) is 0 Å². The van der Waals surface area contributed by atoms with Crippen LogP contribution in [0.3, 0.4) is 0 Å². The van der Waals surface area contributed by atoms with Crippen LogP contribution in [0.25, 0.3) is 0 Å². The number of ether oxygens (including phenoxy) is 2. The second-order valence-corrected chi connectivity index (χ2v) is 4.73. The van der Waals surface area contributed by atoms with Crippen LogP contribution in [0.4, 0.5) is 0 Å². The molecule has 0 unspecified atom stereocenters. The van der Waals surface area contributed by atoms with E-state index < -0.39 is 6.29 Å². The van der Waals surface area contributed by atoms with Crippen LogP contribution in [0.2, 0.25) is 0 Å². The van der Waals surface area contributed by atoms with Crippen molar-refractivity contribution in [2.24, 2.45) is 0 Å². The zero-order valence-corrected chi connectivity index (χ0v) is 12.3. The van der Waals surface area contributed by atoms with Gasteiger partial charge < -0.3 is 14.4 Å². The highest BCUT2D eigenvalue weighted by molar-refractivity contribution is 14.1. The molecular weight excluding hydrogens is 333 g/mol. The van der Waals surface area contributed by atoms with Crippen LogP contribution in [-0.2, 0) is 9.47 Å². The van der Waals surface area contributed by atoms with Crippen LogP contribution in [-0.4, -0.2) is 44.9 Å². The summed E-state index contributed by atoms with van der Waals surface area (Å²) in [6.45, 7) is 0.400. The number of halogens is 1. The van der Waals surface area contributed by atoms with Crippen molar-refractivity contribution in [3.05, 3.63) is 33.4 Å². The molecule has 0 radical (unpaired) electrons. The number of benzene rings is 1. The predicted octanol–water partition coefficient (Wildman–Crippen LogP) is 1.98. The molecule has 0 fully saturated rings. The molecular formula is C12H16INO3. The molecule has 17 heavy (non-hydrogen) atoms. The average molecular weight is 349 g/mol. The van der Waals surface area contributed by atoms with Gasteiger partial charge in [0.25, 0.3) is 5.91 Å². The van der Waals surface area contributed by atoms with Crippen molar-refractivity contribution >= 4 is 28.5 Å². The van der Waals surface area contributed by atoms with Gasteiger partial charge in [-0.05, 0) is 34.7 Å². The Morgan fingerprint density at radius 1 is 1.35 bits per heavy atom. The normalized spacial score (nSPS) is 10.6. The highest BCUT2D eigenvalue weighted by atomic mass is 127. The highest BCUT2D eigenvalue weighted by Crippen LogP contribution is 2.13. The fraction of sp³-hybridized carbons (Fsp3) is 0.417. The Labute approximate surface area is 115 Å². The van der Waals surface area contributed by atoms with Crippen molar-refractivity contribution in [3.63, 3.8) is 0 Å². The monoisotopic (exact) mass is 349 g/mol. The van der Waals surface area contributed by atoms with E-state index in [2.05, 4.69) is 22.6 Å². The van der Waals surface area contributed by atoms with Crippen molar-refractivity contribution in [2.45, 2.75) is 6.29 Å². The maximum Gasteiger partial charge on any atom is 0.254 e. The molecule has 0 spiro atoms. The van der Waals surface area contributed by atoms with Crippen LogP contribution in [0.5, 0.6) is 0 Å². The van der Waals surface area contributed by atoms with Gasteiger partial charge in [-0.25, -0.2) is 0 Å². The van der Waals surface area contributed by atoms with Crippen LogP contribution in [0.1, 0.15) is 10.4 Å². The lowest BCUT2D eigenvalue weighted by atomic mass is 10.2. The van der Waals surface area contributed by atoms with Crippen LogP contribution < -0.4 is 0 Å². The number of rotatable bonds is 5. The molecule has 0 aromatic heterocycles. The minimum atomic E-state index is -0.398. The number of carbonyl (C=O) groups excluding carboxylic acids is 1. The van der Waals surface area contributed by atoms with Gasteiger partial charge in [-0.1, -0.05) is 12.1 Å². The van der Waals surface area contributed by atoms with Gasteiger partial charge in [0.1, 0.15) is 0 Å². The molecule has 0 bridgehead atoms. The van der Waals surface area contributed by atoms with Gasteiger partial charge in [0, 0.05) is 24.8 Å². The van der Waals surface area contributed by atoms with E-state index in [0.717, 1.165) is 3.57 Å². The largest absolute Gasteiger partial charge is 0.354 e. The fourth-order valence-electron chi connectivity index (χ4n) is 1.39. The lowest BCUT2D eigenvalue weighted by Gasteiger charge is -2.22. The smallest absolute Gasteiger partial charge is 0.254 e. The number of amides is 1. The molecule has 0 aliphatic heterocycles. The molecule has 1 amide bonds. The van der Waals surface area contributed by atoms with E-state index in [4.69, 9.17) is 9.47 Å². The van der Waals surface area contributed by atoms with Crippen molar-refractivity contribution in [1.29, 1.82) is 0 Å². The second-order valence-electron chi connectivity index (χ2n) is 3.57. The van der Waals surface area contributed by atoms with Gasteiger partial charge in [-0.2, -0.15) is 0 Å². The summed E-state index contributed by atoms with van der Waals surface area (Å²) in [5.74, 6) is -0.0332. The summed E-state index contributed by atoms with van der Waals surface area (Å²) < 4.78 is 11.1. The lowest BCUT2D eigenvalue weighted by molar-refractivity contribution is -0.110. The van der Waals surface area contributed by atoms with Gasteiger partial charge in [0.05, 0.1) is 12.1 Å². The van der Waals surface area contributed by atoms with Crippen LogP contribution >= 0.6 is 22.6 Å². The van der Waals surface area contributed by atoms with E-state index in [1.807, 2.05) is 24.3 Å². The number of hydrogen-bond acceptors (Lipinski definition) is 3. The molecule has 0 atom stereocenters. The molecule has 0 aliphatic carbocycles. The minimum Gasteiger partial charge on any atom is -0.354 e. The first kappa shape index (κ1) is 14.4. The van der Waals surface area contributed by atoms with Crippen molar-refractivity contribution in [1.82, 2.24) is 4.90 Å². The molecule has 0 saturated carbocycles. The van der Waals surface area contributed by atoms with E-state index >= 15 is 0 Å². The van der Waals surface area contributed by atoms with Gasteiger partial charge >= 0.3 is 0 Å². The third kappa shape index (κ3) is 3.93. The van der Waals surface area contributed by atoms with Crippen LogP contribution in [0, 0.1) is 3.57 Å². The van der Waals surface area contributed by atoms with E-state index in [-0.39, 0.29) is 5.91 Å². The summed E-state index contributed by atoms with van der Waals surface area (Å²) in [4.78, 5) is 13.7. The molecule has 5 heteroatoms. The molecule has 1 aromatic carbocycles. The Kier molecular flexibility index (Phi) is 5.87. The van der Waals surface area contributed by atoms with Gasteiger partial charge in [0.15, 0.2) is 6.29 Å². The Morgan fingerprint density at radius 2 is 1.94 bits per heavy atom. The first-order valence-electron chi connectivity index (χ1n) is 5.15. The fourth-order valence-corrected chi connectivity index (χ4v) is 2.01. The topological polar surface area (TPSA) is 38.8 Å². The number of likely N-dealkylation sites (N-methyl/N-ethyl adjacent to an activating group) is 1. The summed E-state index contributed by atoms with van der Waals surface area (Å²) in [6, 6.07) is 7.49. The Bertz CT molecular complexity index is 380. The molecule has 0 heterocycles. The number of nitrogens with zero attached hydrogens (tertiary/aromatic N) is 1. The van der Waals surface area contributed by atoms with Crippen molar-refractivity contribution < 1.29 is 14.3 Å². The Morgan fingerprint density at radius 3 is 2.47 bits per heavy atom. The van der Waals surface area contributed by atoms with E-state index in [0.29, 0.717) is 12.1 Å². The summed E-state index contributed by atoms with van der Waals surface area (Å²) in [5, 5.41) is 0. The summed E-state index contributed by atoms with van der Waals surface area (Å²) in [7, 11) is 4.84. The highest BCUT2D eigenvalue weighted by Gasteiger charge is 2.17. The zero-order chi connectivity index (χ0) is 12.8. The van der Waals surface area contributed by atoms with E-state index in [1.54, 1.807) is 26.2 Å². The summed E-state index contributed by atoms with van der Waals surface area (Å²) in [5.41, 5.74) is 0.696. The molecule has 0 aliphatic rings. The molecule has 1 aromatic rings. The Hall–Kier alpha value is -0.660. The molecule has 4 nitrogen and oxygen atoms in total. The van der Waals surface area contributed by atoms with Gasteiger partial charge in [-0.3, -0.25) is 4.79 Å². The number of carbonyl (C=O) groups is 1. The molecule has 1 rings (SSSR count). The third-order valence-corrected chi connectivity index (χ3v) is 3.34. The second kappa shape index (κ2) is 6.93. The number of methoxy groups -OCH3 is 2. The van der Waals surface area contributed by atoms with Crippen molar-refractivity contribution in [2.75, 3.05) is 27.8 Å². The lowest BCUT2D eigenvalue weighted by Crippen LogP contribution is -2.36. The zero-order valence-electron chi connectivity index (χ0n) is 10.1. The molecule has 0 saturated heterocycles. The first-order valence-corrected chi connectivity index (χ1v) is 6.23. The maximum atomic E-state index is 12.1. The van der Waals surface area contributed by atoms with E-state index in [1.165, 1.54) is 0 Å². The summed E-state index contributed by atoms with van der Waals surface area (Å²) >= 11 is 2.15. The first-order chi connectivity index (χ1) is 8.10. The molecule has 94 valence electrons.